The second kappa shape index (κ2) is 3.26. The van der Waals surface area contributed by atoms with Crippen LogP contribution in [0.3, 0.4) is 0 Å². The first kappa shape index (κ1) is 2.83. The SMILES string of the molecule is [2H]C([2H])([2H])OC(=O)c1c(Br)c(C([2H])([2H])[2H])nn1C([2H])([2H])[2H]. The molecule has 0 spiro atoms. The van der Waals surface area contributed by atoms with Gasteiger partial charge in [-0.3, -0.25) is 4.68 Å². The standard InChI is InChI=1S/C7H9BrN2O2/c1-4-5(8)6(7(11)12-3)10(2)9-4/h1-3H3/i1D3,2D3,3D3. The molecule has 1 aromatic rings. The highest BCUT2D eigenvalue weighted by Gasteiger charge is 2.18. The van der Waals surface area contributed by atoms with Gasteiger partial charge in [-0.1, -0.05) is 0 Å². The molecule has 0 aliphatic rings. The zero-order valence-corrected chi connectivity index (χ0v) is 7.17. The molecule has 0 unspecified atom stereocenters. The summed E-state index contributed by atoms with van der Waals surface area (Å²) in [6, 6.07) is 0. The Morgan fingerprint density at radius 1 is 1.83 bits per heavy atom. The summed E-state index contributed by atoms with van der Waals surface area (Å²) in [6.45, 7) is -5.79. The topological polar surface area (TPSA) is 44.1 Å². The number of methoxy groups -OCH3 is 1. The van der Waals surface area contributed by atoms with Crippen LogP contribution >= 0.6 is 15.9 Å². The summed E-state index contributed by atoms with van der Waals surface area (Å²) in [6.07, 6.45) is 0. The first-order valence-corrected chi connectivity index (χ1v) is 3.47. The third-order valence-corrected chi connectivity index (χ3v) is 1.86. The van der Waals surface area contributed by atoms with E-state index in [-0.39, 0.29) is 4.68 Å². The molecular formula is C7H9BrN2O2. The molecule has 0 bridgehead atoms. The molecule has 0 aliphatic heterocycles. The van der Waals surface area contributed by atoms with Crippen molar-refractivity contribution in [1.82, 2.24) is 9.78 Å². The van der Waals surface area contributed by atoms with E-state index in [2.05, 4.69) is 25.8 Å². The molecule has 0 amide bonds. The number of hydrogen-bond acceptors (Lipinski definition) is 3. The number of carbonyl (C=O) groups excluding carboxylic acids is 1. The van der Waals surface area contributed by atoms with Crippen molar-refractivity contribution in [3.8, 4) is 0 Å². The van der Waals surface area contributed by atoms with E-state index in [1.807, 2.05) is 0 Å². The van der Waals surface area contributed by atoms with E-state index < -0.39 is 42.7 Å². The van der Waals surface area contributed by atoms with E-state index >= 15 is 0 Å². The second-order valence-electron chi connectivity index (χ2n) is 1.81. The van der Waals surface area contributed by atoms with Crippen molar-refractivity contribution in [3.63, 3.8) is 0 Å². The third-order valence-electron chi connectivity index (χ3n) is 1.11. The summed E-state index contributed by atoms with van der Waals surface area (Å²) in [5, 5.41) is 3.36. The molecule has 0 N–H and O–H groups in total. The highest BCUT2D eigenvalue weighted by atomic mass is 79.9. The molecule has 0 aliphatic carbocycles. The Labute approximate surface area is 91.3 Å². The normalized spacial score (nSPS) is 24.2. The molecule has 1 rings (SSSR count). The Bertz CT molecular complexity index is 556. The van der Waals surface area contributed by atoms with Crippen molar-refractivity contribution in [1.29, 1.82) is 0 Å². The number of hydrogen-bond donors (Lipinski definition) is 0. The maximum absolute atomic E-state index is 11.8. The molecule has 0 saturated heterocycles. The molecule has 4 nitrogen and oxygen atoms in total. The summed E-state index contributed by atoms with van der Waals surface area (Å²) in [5.41, 5.74) is -1.49. The van der Waals surface area contributed by atoms with Crippen LogP contribution in [0.5, 0.6) is 0 Å². The van der Waals surface area contributed by atoms with Crippen molar-refractivity contribution in [3.05, 3.63) is 15.9 Å². The number of aryl methyl sites for hydroxylation is 2. The lowest BCUT2D eigenvalue weighted by Crippen LogP contribution is -2.08. The fourth-order valence-electron chi connectivity index (χ4n) is 0.623. The van der Waals surface area contributed by atoms with Crippen molar-refractivity contribution < 1.29 is 21.9 Å². The first-order chi connectivity index (χ1) is 9.14. The van der Waals surface area contributed by atoms with E-state index in [0.29, 0.717) is 0 Å². The molecule has 12 heavy (non-hydrogen) atoms. The summed E-state index contributed by atoms with van der Waals surface area (Å²) in [4.78, 5) is 11.8. The second-order valence-corrected chi connectivity index (χ2v) is 2.61. The average Bonchev–Trinajstić information content (AvgIpc) is 2.51. The first-order valence-electron chi connectivity index (χ1n) is 7.17. The summed E-state index contributed by atoms with van der Waals surface area (Å²) in [7, 11) is -3.11. The predicted octanol–water partition coefficient (Wildman–Crippen LogP) is 1.28. The molecule has 0 atom stereocenters. The van der Waals surface area contributed by atoms with E-state index in [1.165, 1.54) is 0 Å². The predicted molar refractivity (Wildman–Crippen MR) is 47.0 cm³/mol. The maximum Gasteiger partial charge on any atom is 0.357 e. The summed E-state index contributed by atoms with van der Waals surface area (Å²) >= 11 is 2.76. The molecule has 5 heteroatoms. The summed E-state index contributed by atoms with van der Waals surface area (Å²) < 4.78 is 67.7. The van der Waals surface area contributed by atoms with Gasteiger partial charge in [0.05, 0.1) is 21.3 Å². The van der Waals surface area contributed by atoms with Crippen molar-refractivity contribution in [2.75, 3.05) is 7.04 Å². The van der Waals surface area contributed by atoms with Crippen LogP contribution in [0.25, 0.3) is 0 Å². The minimum Gasteiger partial charge on any atom is -0.464 e. The van der Waals surface area contributed by atoms with Gasteiger partial charge in [-0.05, 0) is 22.8 Å². The molecule has 66 valence electrons. The lowest BCUT2D eigenvalue weighted by atomic mass is 10.4. The van der Waals surface area contributed by atoms with E-state index in [4.69, 9.17) is 12.3 Å². The molecule has 0 fully saturated rings. The van der Waals surface area contributed by atoms with Crippen LogP contribution in [0.15, 0.2) is 4.47 Å². The quantitative estimate of drug-likeness (QED) is 0.697. The van der Waals surface area contributed by atoms with Gasteiger partial charge in [0.2, 0.25) is 0 Å². The van der Waals surface area contributed by atoms with Crippen LogP contribution in [0.2, 0.25) is 0 Å². The highest BCUT2D eigenvalue weighted by molar-refractivity contribution is 9.10. The minimum absolute atomic E-state index is 0.146. The minimum atomic E-state index is -3.11. The molecule has 1 heterocycles. The van der Waals surface area contributed by atoms with Crippen molar-refractivity contribution in [2.45, 2.75) is 6.85 Å². The number of nitrogens with zero attached hydrogens (tertiary/aromatic N) is 2. The smallest absolute Gasteiger partial charge is 0.357 e. The molecular weight excluding hydrogens is 224 g/mol. The van der Waals surface area contributed by atoms with Gasteiger partial charge in [0, 0.05) is 15.2 Å². The van der Waals surface area contributed by atoms with Gasteiger partial charge in [-0.2, -0.15) is 5.10 Å². The zero-order chi connectivity index (χ0) is 16.8. The summed E-state index contributed by atoms with van der Waals surface area (Å²) in [5.74, 6) is -1.53. The number of esters is 1. The Morgan fingerprint density at radius 2 is 2.67 bits per heavy atom. The van der Waals surface area contributed by atoms with Gasteiger partial charge in [-0.15, -0.1) is 0 Å². The fraction of sp³-hybridized carbons (Fsp3) is 0.429. The average molecular weight is 242 g/mol. The highest BCUT2D eigenvalue weighted by Crippen LogP contribution is 2.20. The van der Waals surface area contributed by atoms with Gasteiger partial charge in [0.15, 0.2) is 5.69 Å². The molecule has 0 saturated carbocycles. The van der Waals surface area contributed by atoms with Crippen molar-refractivity contribution in [2.24, 2.45) is 6.98 Å². The molecule has 1 aromatic heterocycles. The lowest BCUT2D eigenvalue weighted by molar-refractivity contribution is 0.0587. The Balaban J connectivity index is 3.49. The van der Waals surface area contributed by atoms with E-state index in [0.717, 1.165) is 0 Å². The third kappa shape index (κ3) is 1.36. The number of aromatic nitrogens is 2. The lowest BCUT2D eigenvalue weighted by Gasteiger charge is -1.98. The van der Waals surface area contributed by atoms with Gasteiger partial charge in [0.1, 0.15) is 0 Å². The number of carbonyl (C=O) groups is 1. The van der Waals surface area contributed by atoms with Crippen LogP contribution in [-0.2, 0) is 11.7 Å². The van der Waals surface area contributed by atoms with Crippen LogP contribution in [0.4, 0.5) is 0 Å². The van der Waals surface area contributed by atoms with E-state index in [9.17, 15) is 4.79 Å². The van der Waals surface area contributed by atoms with Gasteiger partial charge in [-0.25, -0.2) is 4.79 Å². The van der Waals surface area contributed by atoms with Crippen LogP contribution < -0.4 is 0 Å². The molecule has 0 aromatic carbocycles. The van der Waals surface area contributed by atoms with Gasteiger partial charge in [0.25, 0.3) is 0 Å². The van der Waals surface area contributed by atoms with Crippen LogP contribution in [-0.4, -0.2) is 22.8 Å². The van der Waals surface area contributed by atoms with Crippen LogP contribution in [0.1, 0.15) is 28.5 Å². The van der Waals surface area contributed by atoms with Crippen molar-refractivity contribution >= 4 is 21.9 Å². The Morgan fingerprint density at radius 3 is 3.25 bits per heavy atom. The maximum atomic E-state index is 11.8. The Hall–Kier alpha value is -0.840. The fourth-order valence-corrected chi connectivity index (χ4v) is 1.03. The van der Waals surface area contributed by atoms with Crippen LogP contribution in [0, 0.1) is 6.85 Å². The number of rotatable bonds is 1. The zero-order valence-electron chi connectivity index (χ0n) is 14.6. The Kier molecular flexibility index (Phi) is 0.771. The van der Waals surface area contributed by atoms with Gasteiger partial charge < -0.3 is 4.74 Å². The monoisotopic (exact) mass is 241 g/mol. The number of halogens is 1. The number of ether oxygens (including phenoxy) is 1. The largest absolute Gasteiger partial charge is 0.464 e. The molecule has 0 radical (unpaired) electrons. The van der Waals surface area contributed by atoms with Gasteiger partial charge >= 0.3 is 5.97 Å². The van der Waals surface area contributed by atoms with E-state index in [1.54, 1.807) is 0 Å².